The lowest BCUT2D eigenvalue weighted by Gasteiger charge is -2.19. The predicted octanol–water partition coefficient (Wildman–Crippen LogP) is 3.39. The number of rotatable bonds is 5. The van der Waals surface area contributed by atoms with E-state index < -0.39 is 0 Å². The highest BCUT2D eigenvalue weighted by molar-refractivity contribution is 5.80. The van der Waals surface area contributed by atoms with Crippen LogP contribution in [-0.2, 0) is 11.5 Å². The Morgan fingerprint density at radius 1 is 1.38 bits per heavy atom. The summed E-state index contributed by atoms with van der Waals surface area (Å²) in [7, 11) is 0. The van der Waals surface area contributed by atoms with Crippen molar-refractivity contribution in [2.75, 3.05) is 6.54 Å². The van der Waals surface area contributed by atoms with Crippen molar-refractivity contribution in [3.63, 3.8) is 0 Å². The van der Waals surface area contributed by atoms with Crippen LogP contribution in [0.3, 0.4) is 0 Å². The molecule has 1 unspecified atom stereocenters. The molecule has 1 saturated carbocycles. The van der Waals surface area contributed by atoms with Crippen molar-refractivity contribution in [2.45, 2.75) is 51.6 Å². The number of benzene rings is 1. The summed E-state index contributed by atoms with van der Waals surface area (Å²) in [6.45, 7) is 3.62. The van der Waals surface area contributed by atoms with Crippen LogP contribution in [-0.4, -0.2) is 26.9 Å². The number of nitriles is 1. The number of hydrogen-bond acceptors (Lipinski definition) is 3. The molecule has 2 heterocycles. The zero-order valence-electron chi connectivity index (χ0n) is 14.0. The van der Waals surface area contributed by atoms with Crippen LogP contribution in [0.15, 0.2) is 18.2 Å². The fourth-order valence-electron chi connectivity index (χ4n) is 3.78. The molecule has 2 aromatic rings. The standard InChI is InChI=1S/C19H22N4O/c1-2-3-14-9-18(24)22(11-14)12-23-17-7-4-13(10-20)8-16(17)21-19(23)15-5-6-15/h4,7-8,14-15H,2-3,5-6,9,11-12H2,1H3. The first kappa shape index (κ1) is 15.2. The molecule has 1 amide bonds. The van der Waals surface area contributed by atoms with E-state index in [0.29, 0.717) is 30.5 Å². The van der Waals surface area contributed by atoms with Gasteiger partial charge in [0.15, 0.2) is 0 Å². The minimum Gasteiger partial charge on any atom is -0.324 e. The Labute approximate surface area is 141 Å². The van der Waals surface area contributed by atoms with E-state index in [1.165, 1.54) is 12.8 Å². The van der Waals surface area contributed by atoms with E-state index in [-0.39, 0.29) is 5.91 Å². The van der Waals surface area contributed by atoms with Crippen LogP contribution in [0.1, 0.15) is 56.3 Å². The predicted molar refractivity (Wildman–Crippen MR) is 91.2 cm³/mol. The molecule has 0 bridgehead atoms. The van der Waals surface area contributed by atoms with Gasteiger partial charge in [-0.1, -0.05) is 13.3 Å². The Balaban J connectivity index is 1.67. The molecular formula is C19H22N4O. The third-order valence-corrected chi connectivity index (χ3v) is 5.15. The van der Waals surface area contributed by atoms with Crippen molar-refractivity contribution in [3.05, 3.63) is 29.6 Å². The Morgan fingerprint density at radius 3 is 2.92 bits per heavy atom. The molecule has 1 aliphatic carbocycles. The second-order valence-electron chi connectivity index (χ2n) is 7.10. The van der Waals surface area contributed by atoms with Crippen LogP contribution in [0.2, 0.25) is 0 Å². The summed E-state index contributed by atoms with van der Waals surface area (Å²) >= 11 is 0. The molecule has 5 heteroatoms. The quantitative estimate of drug-likeness (QED) is 0.847. The van der Waals surface area contributed by atoms with Crippen LogP contribution >= 0.6 is 0 Å². The molecule has 4 rings (SSSR count). The average Bonchev–Trinajstić information content (AvgIpc) is 3.28. The smallest absolute Gasteiger partial charge is 0.224 e. The molecule has 1 saturated heterocycles. The van der Waals surface area contributed by atoms with Crippen molar-refractivity contribution in [3.8, 4) is 6.07 Å². The maximum atomic E-state index is 12.4. The molecular weight excluding hydrogens is 300 g/mol. The number of hydrogen-bond donors (Lipinski definition) is 0. The van der Waals surface area contributed by atoms with Crippen LogP contribution < -0.4 is 0 Å². The van der Waals surface area contributed by atoms with Crippen LogP contribution in [0, 0.1) is 17.2 Å². The van der Waals surface area contributed by atoms with Gasteiger partial charge >= 0.3 is 0 Å². The number of likely N-dealkylation sites (tertiary alicyclic amines) is 1. The first-order valence-electron chi connectivity index (χ1n) is 8.87. The lowest BCUT2D eigenvalue weighted by Crippen LogP contribution is -2.28. The minimum atomic E-state index is 0.255. The molecule has 1 atom stereocenters. The van der Waals surface area contributed by atoms with E-state index in [1.807, 2.05) is 23.1 Å². The van der Waals surface area contributed by atoms with Crippen LogP contribution in [0.25, 0.3) is 11.0 Å². The monoisotopic (exact) mass is 322 g/mol. The molecule has 1 aliphatic heterocycles. The van der Waals surface area contributed by atoms with E-state index >= 15 is 0 Å². The number of carbonyl (C=O) groups excluding carboxylic acids is 1. The Hall–Kier alpha value is -2.35. The van der Waals surface area contributed by atoms with Gasteiger partial charge in [0.05, 0.1) is 29.3 Å². The van der Waals surface area contributed by atoms with E-state index in [4.69, 9.17) is 10.2 Å². The molecule has 0 radical (unpaired) electrons. The third-order valence-electron chi connectivity index (χ3n) is 5.15. The molecule has 2 fully saturated rings. The SMILES string of the molecule is CCCC1CC(=O)N(Cn2c(C3CC3)nc3cc(C#N)ccc32)C1. The van der Waals surface area contributed by atoms with Gasteiger partial charge in [0.25, 0.3) is 0 Å². The maximum Gasteiger partial charge on any atom is 0.224 e. The summed E-state index contributed by atoms with van der Waals surface area (Å²) in [5.74, 6) is 2.33. The number of carbonyl (C=O) groups is 1. The fourth-order valence-corrected chi connectivity index (χ4v) is 3.78. The highest BCUT2D eigenvalue weighted by atomic mass is 16.2. The number of nitrogens with zero attached hydrogens (tertiary/aromatic N) is 4. The second-order valence-corrected chi connectivity index (χ2v) is 7.10. The van der Waals surface area contributed by atoms with E-state index in [1.54, 1.807) is 0 Å². The topological polar surface area (TPSA) is 61.9 Å². The zero-order valence-corrected chi connectivity index (χ0v) is 14.0. The van der Waals surface area contributed by atoms with Crippen LogP contribution in [0.5, 0.6) is 0 Å². The third kappa shape index (κ3) is 2.66. The van der Waals surface area contributed by atoms with Crippen molar-refractivity contribution in [1.82, 2.24) is 14.5 Å². The number of aromatic nitrogens is 2. The van der Waals surface area contributed by atoms with E-state index in [2.05, 4.69) is 17.6 Å². The Kier molecular flexibility index (Phi) is 3.76. The van der Waals surface area contributed by atoms with E-state index in [0.717, 1.165) is 36.2 Å². The first-order valence-corrected chi connectivity index (χ1v) is 8.87. The van der Waals surface area contributed by atoms with Gasteiger partial charge in [-0.3, -0.25) is 4.79 Å². The fraction of sp³-hybridized carbons (Fsp3) is 0.526. The molecule has 124 valence electrons. The molecule has 2 aliphatic rings. The summed E-state index contributed by atoms with van der Waals surface area (Å²) in [5.41, 5.74) is 2.53. The molecule has 1 aromatic carbocycles. The maximum absolute atomic E-state index is 12.4. The molecule has 1 aromatic heterocycles. The summed E-state index contributed by atoms with van der Waals surface area (Å²) in [4.78, 5) is 19.1. The number of amides is 1. The largest absolute Gasteiger partial charge is 0.324 e. The second kappa shape index (κ2) is 5.94. The average molecular weight is 322 g/mol. The van der Waals surface area contributed by atoms with Gasteiger partial charge in [-0.15, -0.1) is 0 Å². The van der Waals surface area contributed by atoms with Gasteiger partial charge < -0.3 is 9.47 Å². The van der Waals surface area contributed by atoms with Gasteiger partial charge in [0.2, 0.25) is 5.91 Å². The Bertz CT molecular complexity index is 828. The van der Waals surface area contributed by atoms with Crippen molar-refractivity contribution >= 4 is 16.9 Å². The molecule has 0 spiro atoms. The normalized spacial score (nSPS) is 20.8. The number of fused-ring (bicyclic) bond motifs is 1. The van der Waals surface area contributed by atoms with Crippen molar-refractivity contribution in [1.29, 1.82) is 5.26 Å². The Morgan fingerprint density at radius 2 is 2.21 bits per heavy atom. The van der Waals surface area contributed by atoms with Crippen LogP contribution in [0.4, 0.5) is 0 Å². The molecule has 0 N–H and O–H groups in total. The summed E-state index contributed by atoms with van der Waals surface area (Å²) in [6.07, 6.45) is 5.26. The zero-order chi connectivity index (χ0) is 16.7. The van der Waals surface area contributed by atoms with Gasteiger partial charge in [-0.2, -0.15) is 5.26 Å². The lowest BCUT2D eigenvalue weighted by atomic mass is 10.0. The van der Waals surface area contributed by atoms with E-state index in [9.17, 15) is 4.79 Å². The van der Waals surface area contributed by atoms with Gasteiger partial charge in [-0.25, -0.2) is 4.98 Å². The summed E-state index contributed by atoms with van der Waals surface area (Å²) in [5, 5.41) is 9.10. The van der Waals surface area contributed by atoms with Crippen molar-refractivity contribution in [2.24, 2.45) is 5.92 Å². The van der Waals surface area contributed by atoms with Gasteiger partial charge in [0, 0.05) is 18.9 Å². The highest BCUT2D eigenvalue weighted by Crippen LogP contribution is 2.41. The van der Waals surface area contributed by atoms with Gasteiger partial charge in [0.1, 0.15) is 5.82 Å². The van der Waals surface area contributed by atoms with Gasteiger partial charge in [-0.05, 0) is 43.4 Å². The summed E-state index contributed by atoms with van der Waals surface area (Å²) in [6, 6.07) is 7.83. The first-order chi connectivity index (χ1) is 11.7. The molecule has 24 heavy (non-hydrogen) atoms. The number of imidazole rings is 1. The minimum absolute atomic E-state index is 0.255. The highest BCUT2D eigenvalue weighted by Gasteiger charge is 2.33. The molecule has 5 nitrogen and oxygen atoms in total. The lowest BCUT2D eigenvalue weighted by molar-refractivity contribution is -0.129. The summed E-state index contributed by atoms with van der Waals surface area (Å²) < 4.78 is 2.19. The van der Waals surface area contributed by atoms with Crippen molar-refractivity contribution < 1.29 is 4.79 Å².